The zero-order valence-electron chi connectivity index (χ0n) is 7.26. The Labute approximate surface area is 63.0 Å². The highest BCUT2D eigenvalue weighted by atomic mass is 15.7. The second-order valence-corrected chi connectivity index (χ2v) is 2.96. The van der Waals surface area contributed by atoms with Crippen molar-refractivity contribution < 1.29 is 0 Å². The molecule has 60 valence electrons. The zero-order valence-corrected chi connectivity index (χ0v) is 7.26. The zero-order chi connectivity index (χ0) is 7.72. The summed E-state index contributed by atoms with van der Waals surface area (Å²) >= 11 is 0. The third-order valence-corrected chi connectivity index (χ3v) is 2.38. The van der Waals surface area contributed by atoms with Crippen LogP contribution in [-0.4, -0.2) is 36.3 Å². The lowest BCUT2D eigenvalue weighted by Crippen LogP contribution is -2.34. The van der Waals surface area contributed by atoms with Crippen molar-refractivity contribution in [3.8, 4) is 0 Å². The molecular weight excluding hydrogens is 126 g/mol. The van der Waals surface area contributed by atoms with Crippen molar-refractivity contribution in [3.05, 3.63) is 0 Å². The summed E-state index contributed by atoms with van der Waals surface area (Å²) in [6.07, 6.45) is 2.20. The quantitative estimate of drug-likeness (QED) is 0.575. The monoisotopic (exact) mass is 143 g/mol. The van der Waals surface area contributed by atoms with E-state index in [0.717, 1.165) is 6.42 Å². The number of rotatable bonds is 1. The maximum Gasteiger partial charge on any atom is 0.0739 e. The van der Waals surface area contributed by atoms with Crippen LogP contribution in [0.3, 0.4) is 0 Å². The van der Waals surface area contributed by atoms with E-state index in [1.807, 2.05) is 0 Å². The lowest BCUT2D eigenvalue weighted by Gasteiger charge is -2.20. The first-order chi connectivity index (χ1) is 4.66. The fourth-order valence-corrected chi connectivity index (χ4v) is 1.35. The number of hydrogen-bond acceptors (Lipinski definition) is 3. The van der Waals surface area contributed by atoms with E-state index >= 15 is 0 Å². The molecular formula is C7H17N3. The summed E-state index contributed by atoms with van der Waals surface area (Å²) in [5.74, 6) is 0. The summed E-state index contributed by atoms with van der Waals surface area (Å²) in [7, 11) is 4.23. The highest BCUT2D eigenvalue weighted by molar-refractivity contribution is 4.75. The van der Waals surface area contributed by atoms with Gasteiger partial charge in [0.05, 0.1) is 12.3 Å². The molecule has 0 aromatic carbocycles. The minimum absolute atomic E-state index is 0.518. The molecule has 0 aliphatic carbocycles. The van der Waals surface area contributed by atoms with Gasteiger partial charge in [-0.1, -0.05) is 6.92 Å². The minimum Gasteiger partial charge on any atom is -0.273 e. The summed E-state index contributed by atoms with van der Waals surface area (Å²) in [5, 5.41) is 2.15. The Hall–Kier alpha value is -0.120. The fraction of sp³-hybridized carbons (Fsp3) is 1.00. The molecule has 0 bridgehead atoms. The molecule has 1 N–H and O–H groups in total. The normalized spacial score (nSPS) is 37.2. The Kier molecular flexibility index (Phi) is 2.28. The van der Waals surface area contributed by atoms with E-state index in [-0.39, 0.29) is 0 Å². The van der Waals surface area contributed by atoms with Crippen LogP contribution in [0.4, 0.5) is 0 Å². The highest BCUT2D eigenvalue weighted by Gasteiger charge is 2.29. The molecule has 2 atom stereocenters. The number of nitrogens with one attached hydrogen (secondary N) is 1. The second kappa shape index (κ2) is 2.86. The molecule has 1 aliphatic rings. The first-order valence-corrected chi connectivity index (χ1v) is 3.87. The molecule has 1 saturated heterocycles. The summed E-state index contributed by atoms with van der Waals surface area (Å²) in [4.78, 5) is 2.33. The van der Waals surface area contributed by atoms with Crippen LogP contribution in [0.5, 0.6) is 0 Å². The van der Waals surface area contributed by atoms with Gasteiger partial charge in [-0.3, -0.25) is 4.90 Å². The second-order valence-electron chi connectivity index (χ2n) is 2.96. The van der Waals surface area contributed by atoms with Crippen molar-refractivity contribution >= 4 is 0 Å². The molecule has 0 saturated carbocycles. The fourth-order valence-electron chi connectivity index (χ4n) is 1.35. The van der Waals surface area contributed by atoms with Gasteiger partial charge in [-0.05, 0) is 20.4 Å². The summed E-state index contributed by atoms with van der Waals surface area (Å²) in [6, 6.07) is 0. The maximum atomic E-state index is 3.36. The summed E-state index contributed by atoms with van der Waals surface area (Å²) in [5.41, 5.74) is 3.36. The van der Waals surface area contributed by atoms with Gasteiger partial charge < -0.3 is 0 Å². The summed E-state index contributed by atoms with van der Waals surface area (Å²) in [6.45, 7) is 4.39. The SMILES string of the molecule is CCC1NN(C)C(C)N1C. The van der Waals surface area contributed by atoms with Crippen LogP contribution in [0.2, 0.25) is 0 Å². The van der Waals surface area contributed by atoms with Gasteiger partial charge in [0.25, 0.3) is 0 Å². The van der Waals surface area contributed by atoms with Crippen LogP contribution in [0.25, 0.3) is 0 Å². The third-order valence-electron chi connectivity index (χ3n) is 2.38. The molecule has 0 radical (unpaired) electrons. The van der Waals surface area contributed by atoms with Crippen molar-refractivity contribution in [1.82, 2.24) is 15.3 Å². The third kappa shape index (κ3) is 1.17. The molecule has 3 nitrogen and oxygen atoms in total. The lowest BCUT2D eigenvalue weighted by molar-refractivity contribution is 0.178. The van der Waals surface area contributed by atoms with Crippen molar-refractivity contribution in [2.45, 2.75) is 32.6 Å². The Morgan fingerprint density at radius 3 is 2.20 bits per heavy atom. The standard InChI is InChI=1S/C7H17N3/c1-5-7-8-10(4)6(2)9(7)3/h6-8H,5H2,1-4H3. The number of hydrazine groups is 1. The van der Waals surface area contributed by atoms with Gasteiger partial charge in [0.1, 0.15) is 0 Å². The smallest absolute Gasteiger partial charge is 0.0739 e. The van der Waals surface area contributed by atoms with E-state index in [1.54, 1.807) is 0 Å². The first-order valence-electron chi connectivity index (χ1n) is 3.87. The molecule has 1 fully saturated rings. The predicted octanol–water partition coefficient (Wildman–Crippen LogP) is 0.450. The Morgan fingerprint density at radius 1 is 1.40 bits per heavy atom. The van der Waals surface area contributed by atoms with E-state index in [9.17, 15) is 0 Å². The van der Waals surface area contributed by atoms with E-state index < -0.39 is 0 Å². The molecule has 0 aromatic rings. The minimum atomic E-state index is 0.518. The van der Waals surface area contributed by atoms with Gasteiger partial charge in [-0.25, -0.2) is 10.4 Å². The molecule has 1 heterocycles. The van der Waals surface area contributed by atoms with Crippen molar-refractivity contribution in [2.24, 2.45) is 0 Å². The Morgan fingerprint density at radius 2 is 2.00 bits per heavy atom. The molecule has 2 unspecified atom stereocenters. The van der Waals surface area contributed by atoms with Gasteiger partial charge in [0, 0.05) is 7.05 Å². The molecule has 0 amide bonds. The van der Waals surface area contributed by atoms with Gasteiger partial charge in [-0.2, -0.15) is 0 Å². The largest absolute Gasteiger partial charge is 0.273 e. The molecule has 10 heavy (non-hydrogen) atoms. The van der Waals surface area contributed by atoms with Gasteiger partial charge in [0.2, 0.25) is 0 Å². The topological polar surface area (TPSA) is 18.5 Å². The van der Waals surface area contributed by atoms with E-state index in [1.165, 1.54) is 0 Å². The van der Waals surface area contributed by atoms with Crippen LogP contribution < -0.4 is 5.43 Å². The highest BCUT2D eigenvalue weighted by Crippen LogP contribution is 2.12. The Bertz CT molecular complexity index is 115. The molecule has 0 spiro atoms. The number of nitrogens with zero attached hydrogens (tertiary/aromatic N) is 2. The van der Waals surface area contributed by atoms with E-state index in [4.69, 9.17) is 0 Å². The van der Waals surface area contributed by atoms with Gasteiger partial charge in [-0.15, -0.1) is 0 Å². The van der Waals surface area contributed by atoms with Gasteiger partial charge in [0.15, 0.2) is 0 Å². The van der Waals surface area contributed by atoms with Crippen LogP contribution in [0.15, 0.2) is 0 Å². The van der Waals surface area contributed by atoms with Crippen LogP contribution in [-0.2, 0) is 0 Å². The molecule has 0 aromatic heterocycles. The summed E-state index contributed by atoms with van der Waals surface area (Å²) < 4.78 is 0. The van der Waals surface area contributed by atoms with Crippen molar-refractivity contribution in [2.75, 3.05) is 14.1 Å². The van der Waals surface area contributed by atoms with Crippen molar-refractivity contribution in [3.63, 3.8) is 0 Å². The first kappa shape index (κ1) is 7.98. The maximum absolute atomic E-state index is 3.36. The Balaban J connectivity index is 2.53. The molecule has 3 heteroatoms. The molecule has 1 aliphatic heterocycles. The van der Waals surface area contributed by atoms with Crippen LogP contribution >= 0.6 is 0 Å². The van der Waals surface area contributed by atoms with E-state index in [0.29, 0.717) is 12.3 Å². The van der Waals surface area contributed by atoms with Crippen LogP contribution in [0.1, 0.15) is 20.3 Å². The molecule has 1 rings (SSSR count). The van der Waals surface area contributed by atoms with Crippen LogP contribution in [0, 0.1) is 0 Å². The number of hydrogen-bond donors (Lipinski definition) is 1. The average molecular weight is 143 g/mol. The van der Waals surface area contributed by atoms with Gasteiger partial charge >= 0.3 is 0 Å². The average Bonchev–Trinajstić information content (AvgIpc) is 2.17. The van der Waals surface area contributed by atoms with Crippen molar-refractivity contribution in [1.29, 1.82) is 0 Å². The van der Waals surface area contributed by atoms with E-state index in [2.05, 4.69) is 43.3 Å². The lowest BCUT2D eigenvalue weighted by atomic mass is 10.3. The predicted molar refractivity (Wildman–Crippen MR) is 42.2 cm³/mol.